The van der Waals surface area contributed by atoms with Gasteiger partial charge in [-0.3, -0.25) is 0 Å². The van der Waals surface area contributed by atoms with Gasteiger partial charge in [0.05, 0.1) is 0 Å². The standard InChI is InChI=1S/C85H8/c1-3-5-7-9-11-13-15-17-19-21-23-25-27-29-31-33-35-37-39-41-43-45-47-49-51-53-55-57-59-61-63-65-67-69-71-73-75-77-79-81-83-85-84-82-80-78-76-74-72-70-68-66-64-62-60-58-56-54-52-50-48-46-44-42-40-38-36-34-32-30-28-26-24-22-20-18-16-14-12-10-8-6-4-2/h3H2,1-2H3. The number of rotatable bonds is 0. The molecular formula is C85H8. The molecule has 0 heteroatoms. The molecule has 0 saturated heterocycles. The molecule has 0 radical (unpaired) electrons. The summed E-state index contributed by atoms with van der Waals surface area (Å²) in [5.41, 5.74) is 0. The van der Waals surface area contributed by atoms with Crippen molar-refractivity contribution in [1.82, 2.24) is 0 Å². The van der Waals surface area contributed by atoms with Gasteiger partial charge in [0.1, 0.15) is 0 Å². The average Bonchev–Trinajstić information content (AvgIpc) is 3.51. The molecule has 0 amide bonds. The predicted molar refractivity (Wildman–Crippen MR) is 335 cm³/mol. The topological polar surface area (TPSA) is 0 Å². The van der Waals surface area contributed by atoms with Crippen molar-refractivity contribution in [2.24, 2.45) is 0 Å². The van der Waals surface area contributed by atoms with Crippen molar-refractivity contribution in [1.29, 1.82) is 0 Å². The highest BCUT2D eigenvalue weighted by molar-refractivity contribution is 5.54. The quantitative estimate of drug-likeness (QED) is 0.324. The largest absolute Gasteiger partial charge is 0.0925 e. The molecule has 0 aromatic rings. The summed E-state index contributed by atoms with van der Waals surface area (Å²) in [6, 6.07) is 0. The summed E-state index contributed by atoms with van der Waals surface area (Å²) in [5.74, 6) is 206. The Labute approximate surface area is 502 Å². The van der Waals surface area contributed by atoms with E-state index in [2.05, 4.69) is 485 Å². The van der Waals surface area contributed by atoms with Crippen LogP contribution >= 0.6 is 0 Å². The molecule has 0 bridgehead atoms. The highest BCUT2D eigenvalue weighted by atomic mass is 13.7. The molecule has 0 saturated carbocycles. The van der Waals surface area contributed by atoms with Crippen LogP contribution in [0.4, 0.5) is 0 Å². The first kappa shape index (κ1) is 67.0. The maximum absolute atomic E-state index is 2.81. The zero-order valence-electron chi connectivity index (χ0n) is 43.7. The van der Waals surface area contributed by atoms with Crippen LogP contribution in [0.3, 0.4) is 0 Å². The highest BCUT2D eigenvalue weighted by Crippen LogP contribution is 1.67. The van der Waals surface area contributed by atoms with Crippen molar-refractivity contribution in [3.05, 3.63) is 0 Å². The van der Waals surface area contributed by atoms with Crippen LogP contribution in [0.25, 0.3) is 0 Å². The van der Waals surface area contributed by atoms with Crippen molar-refractivity contribution in [3.8, 4) is 485 Å². The summed E-state index contributed by atoms with van der Waals surface area (Å²) in [6.07, 6.45) is 0.742. The van der Waals surface area contributed by atoms with Gasteiger partial charge < -0.3 is 0 Å². The molecular weight excluding hydrogens is 1020 g/mol. The van der Waals surface area contributed by atoms with E-state index in [9.17, 15) is 0 Å². The molecule has 0 nitrogen and oxygen atoms in total. The molecule has 0 N–H and O–H groups in total. The minimum Gasteiger partial charge on any atom is -0.0925 e. The smallest absolute Gasteiger partial charge is 0.00704 e. The molecule has 0 aromatic carbocycles. The summed E-state index contributed by atoms with van der Waals surface area (Å²) in [4.78, 5) is 0. The lowest BCUT2D eigenvalue weighted by atomic mass is 10.4. The van der Waals surface area contributed by atoms with E-state index < -0.39 is 0 Å². The van der Waals surface area contributed by atoms with Crippen LogP contribution in [0, 0.1) is 485 Å². The SMILES string of the molecule is CC#CC#CC#CC#CC#CC#CC#CC#CC#CC#CC#CC#CC#CC#CC#CC#CC#CC#CC#CC#CC#CC#CC#CC#CC#CC#CC#CC#CC#CC#CC#CC#CC#CC#CC#CC#CC#CC#CC#CC#CC#CCC. The maximum Gasteiger partial charge on any atom is 0.00704 e. The molecule has 0 heterocycles. The van der Waals surface area contributed by atoms with Crippen LogP contribution in [0.5, 0.6) is 0 Å². The molecule has 0 rings (SSSR count). The second-order valence-electron chi connectivity index (χ2n) is 10.8. The zero-order valence-corrected chi connectivity index (χ0v) is 43.7. The van der Waals surface area contributed by atoms with E-state index in [1.807, 2.05) is 6.92 Å². The molecule has 0 aromatic heterocycles. The van der Waals surface area contributed by atoms with Crippen molar-refractivity contribution < 1.29 is 0 Å². The second kappa shape index (κ2) is 66.0. The number of hydrogen-bond donors (Lipinski definition) is 0. The van der Waals surface area contributed by atoms with Gasteiger partial charge in [0.15, 0.2) is 0 Å². The fourth-order valence-corrected chi connectivity index (χ4v) is 2.63. The predicted octanol–water partition coefficient (Wildman–Crippen LogP) is 1.56. The fourth-order valence-electron chi connectivity index (χ4n) is 2.63. The monoisotopic (exact) mass is 1030 g/mol. The van der Waals surface area contributed by atoms with Gasteiger partial charge in [0.2, 0.25) is 0 Å². The molecule has 85 heavy (non-hydrogen) atoms. The van der Waals surface area contributed by atoms with Gasteiger partial charge in [-0.25, -0.2) is 0 Å². The van der Waals surface area contributed by atoms with Crippen LogP contribution in [-0.2, 0) is 0 Å². The van der Waals surface area contributed by atoms with Crippen molar-refractivity contribution in [2.75, 3.05) is 0 Å². The minimum absolute atomic E-state index is 0.742. The Balaban J connectivity index is 4.62. The lowest BCUT2D eigenvalue weighted by molar-refractivity contribution is 1.28. The van der Waals surface area contributed by atoms with Crippen LogP contribution in [0.2, 0.25) is 0 Å². The first-order valence-electron chi connectivity index (χ1n) is 21.8. The Morgan fingerprint density at radius 2 is 0.176 bits per heavy atom. The van der Waals surface area contributed by atoms with E-state index >= 15 is 0 Å². The molecule has 0 spiro atoms. The lowest BCUT2D eigenvalue weighted by Gasteiger charge is -1.60. The Hall–Kier alpha value is -18.0. The molecule has 0 fully saturated rings. The van der Waals surface area contributed by atoms with Gasteiger partial charge >= 0.3 is 0 Å². The van der Waals surface area contributed by atoms with E-state index in [1.54, 1.807) is 6.92 Å². The Kier molecular flexibility index (Phi) is 52.0. The van der Waals surface area contributed by atoms with Crippen molar-refractivity contribution in [3.63, 3.8) is 0 Å². The third-order valence-corrected chi connectivity index (χ3v) is 5.33. The zero-order chi connectivity index (χ0) is 60.7. The average molecular weight is 1030 g/mol. The van der Waals surface area contributed by atoms with Gasteiger partial charge in [-0.2, -0.15) is 0 Å². The third-order valence-electron chi connectivity index (χ3n) is 5.33. The molecule has 0 aliphatic carbocycles. The van der Waals surface area contributed by atoms with Gasteiger partial charge in [-0.15, -0.1) is 0 Å². The first-order chi connectivity index (χ1) is 42.4. The van der Waals surface area contributed by atoms with Crippen LogP contribution in [-0.4, -0.2) is 0 Å². The molecule has 348 valence electrons. The van der Waals surface area contributed by atoms with E-state index in [0.29, 0.717) is 0 Å². The van der Waals surface area contributed by atoms with Crippen LogP contribution in [0.1, 0.15) is 20.3 Å². The summed E-state index contributed by atoms with van der Waals surface area (Å²) in [6.45, 7) is 3.62. The lowest BCUT2D eigenvalue weighted by Crippen LogP contribution is -1.57. The van der Waals surface area contributed by atoms with Gasteiger partial charge in [-0.05, 0) is 102 Å². The van der Waals surface area contributed by atoms with Gasteiger partial charge in [0, 0.05) is 385 Å². The summed E-state index contributed by atoms with van der Waals surface area (Å²) >= 11 is 0. The van der Waals surface area contributed by atoms with Crippen molar-refractivity contribution in [2.45, 2.75) is 20.3 Å². The van der Waals surface area contributed by atoms with E-state index in [-0.39, 0.29) is 0 Å². The molecule has 0 aliphatic heterocycles. The highest BCUT2D eigenvalue weighted by Gasteiger charge is 1.66. The summed E-state index contributed by atoms with van der Waals surface area (Å²) in [5, 5.41) is 0. The summed E-state index contributed by atoms with van der Waals surface area (Å²) in [7, 11) is 0. The Morgan fingerprint density at radius 3 is 0.247 bits per heavy atom. The van der Waals surface area contributed by atoms with Crippen molar-refractivity contribution >= 4 is 0 Å². The Bertz CT molecular complexity index is 5730. The molecule has 0 unspecified atom stereocenters. The van der Waals surface area contributed by atoms with Gasteiger partial charge in [-0.1, -0.05) is 18.8 Å². The minimum atomic E-state index is 0.742. The fraction of sp³-hybridized carbons (Fsp3) is 0.0353. The maximum atomic E-state index is 2.81. The van der Waals surface area contributed by atoms with E-state index in [0.717, 1.165) is 6.42 Å². The van der Waals surface area contributed by atoms with Gasteiger partial charge in [0.25, 0.3) is 0 Å². The third kappa shape index (κ3) is 66.0. The van der Waals surface area contributed by atoms with E-state index in [4.69, 9.17) is 0 Å². The normalized spacial score (nSPS) is 4.07. The number of hydrogen-bond acceptors (Lipinski definition) is 0. The van der Waals surface area contributed by atoms with Crippen LogP contribution in [0.15, 0.2) is 0 Å². The van der Waals surface area contributed by atoms with Crippen LogP contribution < -0.4 is 0 Å². The first-order valence-corrected chi connectivity index (χ1v) is 21.8. The summed E-state index contributed by atoms with van der Waals surface area (Å²) < 4.78 is 0. The molecule has 0 aliphatic rings. The second-order valence-corrected chi connectivity index (χ2v) is 10.8. The van der Waals surface area contributed by atoms with E-state index in [1.165, 1.54) is 0 Å². The Morgan fingerprint density at radius 1 is 0.106 bits per heavy atom. The molecule has 0 atom stereocenters.